The third kappa shape index (κ3) is 12.5. The number of rotatable bonds is 4. The zero-order valence-electron chi connectivity index (χ0n) is 6.94. The highest BCUT2D eigenvalue weighted by Crippen LogP contribution is 1.91. The molecule has 0 spiro atoms. The molecule has 0 aliphatic carbocycles. The molecule has 0 aromatic rings. The predicted octanol–water partition coefficient (Wildman–Crippen LogP) is 0.408. The van der Waals surface area contributed by atoms with Crippen LogP contribution < -0.4 is 0 Å². The van der Waals surface area contributed by atoms with E-state index in [0.29, 0.717) is 11.8 Å². The fraction of sp³-hybridized carbons (Fsp3) is 1.00. The fourth-order valence-corrected chi connectivity index (χ4v) is 0.363. The van der Waals surface area contributed by atoms with Gasteiger partial charge in [-0.1, -0.05) is 15.9 Å². The first-order chi connectivity index (χ1) is 5.59. The van der Waals surface area contributed by atoms with Gasteiger partial charge in [0.15, 0.2) is 0 Å². The number of hydrogen-bond acceptors (Lipinski definition) is 4. The second kappa shape index (κ2) is 10.8. The van der Waals surface area contributed by atoms with Crippen molar-refractivity contribution in [2.75, 3.05) is 18.5 Å². The van der Waals surface area contributed by atoms with Crippen molar-refractivity contribution in [3.63, 3.8) is 0 Å². The molecule has 0 radical (unpaired) electrons. The van der Waals surface area contributed by atoms with Gasteiger partial charge in [0.1, 0.15) is 0 Å². The highest BCUT2D eigenvalue weighted by Gasteiger charge is 2.07. The quantitative estimate of drug-likeness (QED) is 0.426. The molecule has 0 bridgehead atoms. The molecule has 0 heterocycles. The Labute approximate surface area is 79.7 Å². The van der Waals surface area contributed by atoms with E-state index >= 15 is 0 Å². The van der Waals surface area contributed by atoms with Crippen molar-refractivity contribution in [1.82, 2.24) is 0 Å². The lowest BCUT2D eigenvalue weighted by Crippen LogP contribution is -2.15. The lowest BCUT2D eigenvalue weighted by atomic mass is 10.4. The molecule has 1 unspecified atom stereocenters. The summed E-state index contributed by atoms with van der Waals surface area (Å²) in [6, 6.07) is -0.458. The number of nitro groups is 1. The zero-order valence-corrected chi connectivity index (χ0v) is 8.53. The minimum absolute atomic E-state index is 0.0938. The molecule has 0 aromatic carbocycles. The second-order valence-corrected chi connectivity index (χ2v) is 2.74. The van der Waals surface area contributed by atoms with Crippen LogP contribution in [0.5, 0.6) is 0 Å². The molecular formula is C6H14BrNO4. The molecule has 1 atom stereocenters. The summed E-state index contributed by atoms with van der Waals surface area (Å²) in [5.74, 6) is 0. The largest absolute Gasteiger partial charge is 0.396 e. The molecule has 6 heteroatoms. The maximum absolute atomic E-state index is 9.71. The van der Waals surface area contributed by atoms with E-state index in [1.165, 1.54) is 0 Å². The Morgan fingerprint density at radius 2 is 1.92 bits per heavy atom. The van der Waals surface area contributed by atoms with Crippen molar-refractivity contribution in [1.29, 1.82) is 0 Å². The summed E-state index contributed by atoms with van der Waals surface area (Å²) >= 11 is 2.97. The molecule has 0 saturated heterocycles. The highest BCUT2D eigenvalue weighted by atomic mass is 79.9. The maximum Gasteiger partial charge on any atom is 0.219 e. The molecule has 12 heavy (non-hydrogen) atoms. The Hall–Kier alpha value is -0.200. The Morgan fingerprint density at radius 3 is 1.92 bits per heavy atom. The minimum Gasteiger partial charge on any atom is -0.396 e. The summed E-state index contributed by atoms with van der Waals surface area (Å²) in [6.07, 6.45) is 0.500. The van der Waals surface area contributed by atoms with Gasteiger partial charge in [-0.05, 0) is 6.42 Å². The van der Waals surface area contributed by atoms with Crippen LogP contribution in [0.15, 0.2) is 0 Å². The number of hydrogen-bond donors (Lipinski definition) is 2. The lowest BCUT2D eigenvalue weighted by molar-refractivity contribution is -0.511. The Morgan fingerprint density at radius 1 is 1.50 bits per heavy atom. The number of aliphatic hydroxyl groups is 2. The van der Waals surface area contributed by atoms with Gasteiger partial charge in [-0.3, -0.25) is 10.1 Å². The number of halogens is 1. The average Bonchev–Trinajstić information content (AvgIpc) is 2.05. The summed E-state index contributed by atoms with van der Waals surface area (Å²) in [5, 5.41) is 25.9. The van der Waals surface area contributed by atoms with Gasteiger partial charge in [-0.25, -0.2) is 0 Å². The summed E-state index contributed by atoms with van der Waals surface area (Å²) in [5.41, 5.74) is 0. The predicted molar refractivity (Wildman–Crippen MR) is 49.0 cm³/mol. The van der Waals surface area contributed by atoms with Gasteiger partial charge < -0.3 is 10.2 Å². The first kappa shape index (κ1) is 14.3. The molecular weight excluding hydrogens is 230 g/mol. The second-order valence-electron chi connectivity index (χ2n) is 2.09. The van der Waals surface area contributed by atoms with Crippen molar-refractivity contribution in [3.8, 4) is 0 Å². The number of nitrogens with zero attached hydrogens (tertiary/aromatic N) is 1. The van der Waals surface area contributed by atoms with Crippen molar-refractivity contribution in [2.24, 2.45) is 0 Å². The summed E-state index contributed by atoms with van der Waals surface area (Å²) in [6.45, 7) is 1.74. The van der Waals surface area contributed by atoms with Gasteiger partial charge in [0.2, 0.25) is 6.04 Å². The molecule has 0 aliphatic rings. The topological polar surface area (TPSA) is 83.6 Å². The van der Waals surface area contributed by atoms with Crippen molar-refractivity contribution < 1.29 is 15.1 Å². The van der Waals surface area contributed by atoms with Crippen molar-refractivity contribution in [3.05, 3.63) is 10.1 Å². The zero-order chi connectivity index (χ0) is 9.98. The normalized spacial score (nSPS) is 11.3. The van der Waals surface area contributed by atoms with E-state index in [1.54, 1.807) is 6.92 Å². The molecule has 5 nitrogen and oxygen atoms in total. The third-order valence-corrected chi connectivity index (χ3v) is 1.84. The average molecular weight is 244 g/mol. The monoisotopic (exact) mass is 243 g/mol. The van der Waals surface area contributed by atoms with E-state index in [-0.39, 0.29) is 18.1 Å². The molecule has 0 aromatic heterocycles. The summed E-state index contributed by atoms with van der Waals surface area (Å²) in [7, 11) is 0. The van der Waals surface area contributed by atoms with Crippen molar-refractivity contribution >= 4 is 15.9 Å². The van der Waals surface area contributed by atoms with E-state index in [2.05, 4.69) is 15.9 Å². The highest BCUT2D eigenvalue weighted by molar-refractivity contribution is 9.09. The van der Waals surface area contributed by atoms with Gasteiger partial charge in [0.05, 0.1) is 5.33 Å². The van der Waals surface area contributed by atoms with Crippen LogP contribution in [0.4, 0.5) is 0 Å². The van der Waals surface area contributed by atoms with Crippen LogP contribution in [-0.4, -0.2) is 39.7 Å². The maximum atomic E-state index is 9.71. The van der Waals surface area contributed by atoms with Crippen LogP contribution in [-0.2, 0) is 0 Å². The van der Waals surface area contributed by atoms with Gasteiger partial charge in [0, 0.05) is 25.1 Å². The molecule has 0 fully saturated rings. The lowest BCUT2D eigenvalue weighted by Gasteiger charge is -1.93. The Balaban J connectivity index is 0. The van der Waals surface area contributed by atoms with Crippen LogP contribution in [0, 0.1) is 10.1 Å². The van der Waals surface area contributed by atoms with E-state index in [9.17, 15) is 10.1 Å². The Bertz CT molecular complexity index is 110. The molecule has 0 saturated carbocycles. The summed E-state index contributed by atoms with van der Waals surface area (Å²) in [4.78, 5) is 9.38. The van der Waals surface area contributed by atoms with E-state index < -0.39 is 6.04 Å². The third-order valence-electron chi connectivity index (χ3n) is 0.899. The van der Waals surface area contributed by atoms with Crippen molar-refractivity contribution in [2.45, 2.75) is 19.4 Å². The molecule has 0 rings (SSSR count). The van der Waals surface area contributed by atoms with Crippen LogP contribution in [0.25, 0.3) is 0 Å². The van der Waals surface area contributed by atoms with Crippen LogP contribution in [0.2, 0.25) is 0 Å². The van der Waals surface area contributed by atoms with Crippen LogP contribution in [0.1, 0.15) is 13.3 Å². The fourth-order valence-electron chi connectivity index (χ4n) is 0.127. The summed E-state index contributed by atoms with van der Waals surface area (Å²) < 4.78 is 0. The Kier molecular flexibility index (Phi) is 12.9. The van der Waals surface area contributed by atoms with Gasteiger partial charge in [-0.15, -0.1) is 0 Å². The van der Waals surface area contributed by atoms with E-state index in [4.69, 9.17) is 10.2 Å². The first-order valence-corrected chi connectivity index (χ1v) is 4.63. The molecule has 0 aliphatic heterocycles. The first-order valence-electron chi connectivity index (χ1n) is 3.51. The van der Waals surface area contributed by atoms with Crippen LogP contribution in [0.3, 0.4) is 0 Å². The smallest absolute Gasteiger partial charge is 0.219 e. The van der Waals surface area contributed by atoms with Gasteiger partial charge in [-0.2, -0.15) is 0 Å². The SMILES string of the molecule is CC(CBr)[N+](=O)[O-].OCCCO. The van der Waals surface area contributed by atoms with Gasteiger partial charge >= 0.3 is 0 Å². The standard InChI is InChI=1S/C3H6BrNO2.C3H8O2/c1-3(2-4)5(6)7;4-2-1-3-5/h3H,2H2,1H3;4-5H,1-3H2. The van der Waals surface area contributed by atoms with Gasteiger partial charge in [0.25, 0.3) is 0 Å². The van der Waals surface area contributed by atoms with Crippen LogP contribution >= 0.6 is 15.9 Å². The number of aliphatic hydroxyl groups excluding tert-OH is 2. The number of alkyl halides is 1. The molecule has 2 N–H and O–H groups in total. The minimum atomic E-state index is -0.458. The van der Waals surface area contributed by atoms with E-state index in [0.717, 1.165) is 0 Å². The molecule has 74 valence electrons. The van der Waals surface area contributed by atoms with E-state index in [1.807, 2.05) is 0 Å². The molecule has 0 amide bonds.